The number of amides is 1. The lowest BCUT2D eigenvalue weighted by atomic mass is 10.0. The smallest absolute Gasteiger partial charge is 0.253 e. The minimum absolute atomic E-state index is 0.177. The first-order chi connectivity index (χ1) is 13.5. The molecule has 1 amide bonds. The molecule has 4 rings (SSSR count). The maximum atomic E-state index is 13.3. The zero-order chi connectivity index (χ0) is 19.8. The van der Waals surface area contributed by atoms with Gasteiger partial charge in [0.25, 0.3) is 5.91 Å². The van der Waals surface area contributed by atoms with Gasteiger partial charge >= 0.3 is 0 Å². The Labute approximate surface area is 163 Å². The molecule has 4 aromatic rings. The number of rotatable bonds is 4. The number of fused-ring (bicyclic) bond motifs is 1. The third-order valence-corrected chi connectivity index (χ3v) is 4.87. The van der Waals surface area contributed by atoms with Crippen molar-refractivity contribution in [1.82, 2.24) is 29.6 Å². The quantitative estimate of drug-likeness (QED) is 0.596. The van der Waals surface area contributed by atoms with Crippen molar-refractivity contribution in [1.29, 1.82) is 0 Å². The number of aromatic nitrogens is 5. The van der Waals surface area contributed by atoms with Gasteiger partial charge in [-0.05, 0) is 25.5 Å². The lowest BCUT2D eigenvalue weighted by Gasteiger charge is -2.19. The molecule has 0 fully saturated rings. The van der Waals surface area contributed by atoms with Crippen LogP contribution in [0.4, 0.5) is 0 Å². The molecule has 0 aliphatic rings. The van der Waals surface area contributed by atoms with Gasteiger partial charge in [0, 0.05) is 32.2 Å². The van der Waals surface area contributed by atoms with Crippen LogP contribution in [-0.4, -0.2) is 30.2 Å². The maximum absolute atomic E-state index is 13.3. The number of nitrogens with zero attached hydrogens (tertiary/aromatic N) is 5. The van der Waals surface area contributed by atoms with Gasteiger partial charge in [-0.15, -0.1) is 0 Å². The van der Waals surface area contributed by atoms with Crippen molar-refractivity contribution in [2.45, 2.75) is 19.9 Å². The molecule has 0 saturated carbocycles. The number of benzene rings is 1. The van der Waals surface area contributed by atoms with E-state index in [9.17, 15) is 4.79 Å². The highest BCUT2D eigenvalue weighted by Gasteiger charge is 2.24. The first-order valence-corrected chi connectivity index (χ1v) is 9.09. The SMILES string of the molecule is Cc1cc(C(=O)NC(c2ccccc2)c2nccn2C)c2c(C)nn(C)c2n1. The van der Waals surface area contributed by atoms with Gasteiger partial charge in [-0.3, -0.25) is 9.48 Å². The molecule has 142 valence electrons. The van der Waals surface area contributed by atoms with Gasteiger partial charge in [0.05, 0.1) is 16.6 Å². The van der Waals surface area contributed by atoms with Crippen LogP contribution in [0.5, 0.6) is 0 Å². The molecule has 0 aliphatic carbocycles. The molecule has 1 unspecified atom stereocenters. The van der Waals surface area contributed by atoms with Gasteiger partial charge in [-0.2, -0.15) is 5.10 Å². The molecule has 1 N–H and O–H groups in total. The molecule has 3 aromatic heterocycles. The summed E-state index contributed by atoms with van der Waals surface area (Å²) in [7, 11) is 3.76. The Balaban J connectivity index is 1.79. The molecule has 3 heterocycles. The van der Waals surface area contributed by atoms with E-state index < -0.39 is 0 Å². The topological polar surface area (TPSA) is 77.6 Å². The van der Waals surface area contributed by atoms with Crippen molar-refractivity contribution in [2.24, 2.45) is 14.1 Å². The molecule has 0 saturated heterocycles. The van der Waals surface area contributed by atoms with Gasteiger partial charge < -0.3 is 9.88 Å². The van der Waals surface area contributed by atoms with Crippen LogP contribution in [0.1, 0.15) is 39.2 Å². The lowest BCUT2D eigenvalue weighted by molar-refractivity contribution is 0.0942. The van der Waals surface area contributed by atoms with Crippen LogP contribution in [0.15, 0.2) is 48.8 Å². The third-order valence-electron chi connectivity index (χ3n) is 4.87. The van der Waals surface area contributed by atoms with Crippen LogP contribution in [0.2, 0.25) is 0 Å². The molecule has 28 heavy (non-hydrogen) atoms. The fourth-order valence-corrected chi connectivity index (χ4v) is 3.56. The number of carbonyl (C=O) groups excluding carboxylic acids is 1. The van der Waals surface area contributed by atoms with Gasteiger partial charge in [0.1, 0.15) is 11.9 Å². The lowest BCUT2D eigenvalue weighted by Crippen LogP contribution is -2.31. The predicted octanol–water partition coefficient (Wildman–Crippen LogP) is 2.84. The highest BCUT2D eigenvalue weighted by molar-refractivity contribution is 6.06. The number of aryl methyl sites for hydroxylation is 4. The zero-order valence-corrected chi connectivity index (χ0v) is 16.3. The molecule has 1 aromatic carbocycles. The van der Waals surface area contributed by atoms with E-state index in [0.717, 1.165) is 28.2 Å². The number of hydrogen-bond donors (Lipinski definition) is 1. The van der Waals surface area contributed by atoms with E-state index >= 15 is 0 Å². The molecule has 0 radical (unpaired) electrons. The summed E-state index contributed by atoms with van der Waals surface area (Å²) in [5, 5.41) is 8.37. The summed E-state index contributed by atoms with van der Waals surface area (Å²) in [6.45, 7) is 3.77. The normalized spacial score (nSPS) is 12.3. The zero-order valence-electron chi connectivity index (χ0n) is 16.3. The van der Waals surface area contributed by atoms with E-state index in [1.807, 2.05) is 75.1 Å². The predicted molar refractivity (Wildman–Crippen MR) is 107 cm³/mol. The van der Waals surface area contributed by atoms with Crippen molar-refractivity contribution in [3.63, 3.8) is 0 Å². The number of imidazole rings is 1. The van der Waals surface area contributed by atoms with Crippen molar-refractivity contribution < 1.29 is 4.79 Å². The van der Waals surface area contributed by atoms with Gasteiger partial charge in [-0.25, -0.2) is 9.97 Å². The molecule has 7 nitrogen and oxygen atoms in total. The van der Waals surface area contributed by atoms with E-state index in [4.69, 9.17) is 0 Å². The third kappa shape index (κ3) is 3.05. The highest BCUT2D eigenvalue weighted by Crippen LogP contribution is 2.25. The largest absolute Gasteiger partial charge is 0.338 e. The fraction of sp³-hybridized carbons (Fsp3) is 0.238. The summed E-state index contributed by atoms with van der Waals surface area (Å²) in [5.41, 5.74) is 3.80. The summed E-state index contributed by atoms with van der Waals surface area (Å²) in [5.74, 6) is 0.591. The Morgan fingerprint density at radius 2 is 1.89 bits per heavy atom. The molecule has 0 spiro atoms. The number of hydrogen-bond acceptors (Lipinski definition) is 4. The molecular weight excluding hydrogens is 352 g/mol. The average Bonchev–Trinajstić information content (AvgIpc) is 3.22. The monoisotopic (exact) mass is 374 g/mol. The van der Waals surface area contributed by atoms with E-state index in [1.54, 1.807) is 10.9 Å². The summed E-state index contributed by atoms with van der Waals surface area (Å²) in [4.78, 5) is 22.4. The van der Waals surface area contributed by atoms with Crippen molar-refractivity contribution >= 4 is 16.9 Å². The maximum Gasteiger partial charge on any atom is 0.253 e. The molecule has 7 heteroatoms. The molecule has 1 atom stereocenters. The molecule has 0 aliphatic heterocycles. The van der Waals surface area contributed by atoms with Gasteiger partial charge in [0.2, 0.25) is 0 Å². The van der Waals surface area contributed by atoms with Crippen molar-refractivity contribution in [3.8, 4) is 0 Å². The minimum atomic E-state index is -0.366. The fourth-order valence-electron chi connectivity index (χ4n) is 3.56. The number of carbonyl (C=O) groups is 1. The van der Waals surface area contributed by atoms with Crippen LogP contribution >= 0.6 is 0 Å². The van der Waals surface area contributed by atoms with Gasteiger partial charge in [-0.1, -0.05) is 30.3 Å². The van der Waals surface area contributed by atoms with Crippen LogP contribution < -0.4 is 5.32 Å². The summed E-state index contributed by atoms with van der Waals surface area (Å²) in [6.07, 6.45) is 3.61. The van der Waals surface area contributed by atoms with Crippen LogP contribution in [0, 0.1) is 13.8 Å². The van der Waals surface area contributed by atoms with Crippen LogP contribution in [0.25, 0.3) is 11.0 Å². The molecule has 0 bridgehead atoms. The Kier molecular flexibility index (Phi) is 4.43. The highest BCUT2D eigenvalue weighted by atomic mass is 16.1. The first-order valence-electron chi connectivity index (χ1n) is 9.09. The Hall–Kier alpha value is -3.48. The van der Waals surface area contributed by atoms with Crippen LogP contribution in [-0.2, 0) is 14.1 Å². The summed E-state index contributed by atoms with van der Waals surface area (Å²) < 4.78 is 3.63. The Bertz CT molecular complexity index is 1160. The van der Waals surface area contributed by atoms with E-state index in [0.29, 0.717) is 11.2 Å². The van der Waals surface area contributed by atoms with E-state index in [1.165, 1.54) is 0 Å². The van der Waals surface area contributed by atoms with E-state index in [-0.39, 0.29) is 11.9 Å². The van der Waals surface area contributed by atoms with Crippen molar-refractivity contribution in [3.05, 3.63) is 77.1 Å². The first kappa shape index (κ1) is 17.9. The number of pyridine rings is 1. The van der Waals surface area contributed by atoms with Crippen LogP contribution in [0.3, 0.4) is 0 Å². The van der Waals surface area contributed by atoms with Crippen molar-refractivity contribution in [2.75, 3.05) is 0 Å². The average molecular weight is 374 g/mol. The summed E-state index contributed by atoms with van der Waals surface area (Å²) >= 11 is 0. The molecular formula is C21H22N6O. The number of nitrogens with one attached hydrogen (secondary N) is 1. The minimum Gasteiger partial charge on any atom is -0.338 e. The van der Waals surface area contributed by atoms with E-state index in [2.05, 4.69) is 20.4 Å². The second-order valence-electron chi connectivity index (χ2n) is 6.93. The van der Waals surface area contributed by atoms with Gasteiger partial charge in [0.15, 0.2) is 5.65 Å². The summed E-state index contributed by atoms with van der Waals surface area (Å²) in [6, 6.07) is 11.3. The Morgan fingerprint density at radius 3 is 2.57 bits per heavy atom. The second kappa shape index (κ2) is 6.92. The second-order valence-corrected chi connectivity index (χ2v) is 6.93. The Morgan fingerprint density at radius 1 is 1.14 bits per heavy atom. The standard InChI is InChI=1S/C21H22N6O/c1-13-12-16(17-14(2)25-27(4)19(17)23-13)21(28)24-18(15-8-6-5-7-9-15)20-22-10-11-26(20)3/h5-12,18H,1-4H3,(H,24,28).